The van der Waals surface area contributed by atoms with Gasteiger partial charge < -0.3 is 5.11 Å². The molecule has 0 saturated carbocycles. The maximum atomic E-state index is 11.1. The van der Waals surface area contributed by atoms with Crippen molar-refractivity contribution in [3.05, 3.63) is 35.9 Å². The van der Waals surface area contributed by atoms with Gasteiger partial charge in [0.2, 0.25) is 0 Å². The van der Waals surface area contributed by atoms with Crippen LogP contribution in [-0.2, 0) is 4.79 Å². The van der Waals surface area contributed by atoms with Gasteiger partial charge in [0.15, 0.2) is 0 Å². The van der Waals surface area contributed by atoms with Crippen LogP contribution in [0.25, 0.3) is 0 Å². The third-order valence-corrected chi connectivity index (χ3v) is 2.94. The molecule has 2 nitrogen and oxygen atoms in total. The summed E-state index contributed by atoms with van der Waals surface area (Å²) >= 11 is 3.35. The molecule has 82 valence electrons. The molecular weight excluding hydrogens is 256 g/mol. The van der Waals surface area contributed by atoms with Crippen molar-refractivity contribution in [3.8, 4) is 0 Å². The Morgan fingerprint density at radius 3 is 2.47 bits per heavy atom. The molecule has 1 N–H and O–H groups in total. The van der Waals surface area contributed by atoms with E-state index in [9.17, 15) is 4.79 Å². The zero-order valence-electron chi connectivity index (χ0n) is 8.53. The van der Waals surface area contributed by atoms with Crippen LogP contribution < -0.4 is 0 Å². The first kappa shape index (κ1) is 12.2. The Labute approximate surface area is 98.4 Å². The molecule has 0 saturated heterocycles. The molecule has 0 aliphatic rings. The SMILES string of the molecule is O=C(O)[C@@H](CCCCBr)c1ccccc1. The molecule has 0 aliphatic carbocycles. The second-order valence-electron chi connectivity index (χ2n) is 3.49. The number of benzene rings is 1. The predicted octanol–water partition coefficient (Wildman–Crippen LogP) is 3.42. The van der Waals surface area contributed by atoms with Gasteiger partial charge in [-0.3, -0.25) is 4.79 Å². The van der Waals surface area contributed by atoms with E-state index in [-0.39, 0.29) is 5.92 Å². The Bertz CT molecular complexity index is 298. The topological polar surface area (TPSA) is 37.3 Å². The fourth-order valence-electron chi connectivity index (χ4n) is 1.56. The average Bonchev–Trinajstić information content (AvgIpc) is 2.25. The Balaban J connectivity index is 2.62. The third-order valence-electron chi connectivity index (χ3n) is 2.38. The average molecular weight is 271 g/mol. The van der Waals surface area contributed by atoms with E-state index in [1.807, 2.05) is 30.3 Å². The number of carboxylic acid groups (broad SMARTS) is 1. The third kappa shape index (κ3) is 4.04. The minimum absolute atomic E-state index is 0.356. The fraction of sp³-hybridized carbons (Fsp3) is 0.417. The summed E-state index contributed by atoms with van der Waals surface area (Å²) in [5.41, 5.74) is 0.902. The van der Waals surface area contributed by atoms with E-state index in [1.165, 1.54) is 0 Å². The van der Waals surface area contributed by atoms with Crippen LogP contribution in [0, 0.1) is 0 Å². The molecule has 15 heavy (non-hydrogen) atoms. The van der Waals surface area contributed by atoms with Crippen LogP contribution in [0.2, 0.25) is 0 Å². The highest BCUT2D eigenvalue weighted by molar-refractivity contribution is 9.09. The monoisotopic (exact) mass is 270 g/mol. The van der Waals surface area contributed by atoms with E-state index in [0.717, 1.165) is 23.7 Å². The van der Waals surface area contributed by atoms with Crippen molar-refractivity contribution < 1.29 is 9.90 Å². The summed E-state index contributed by atoms with van der Waals surface area (Å²) in [6.07, 6.45) is 2.68. The number of unbranched alkanes of at least 4 members (excludes halogenated alkanes) is 1. The highest BCUT2D eigenvalue weighted by atomic mass is 79.9. The first-order valence-electron chi connectivity index (χ1n) is 5.09. The number of alkyl halides is 1. The molecule has 0 spiro atoms. The number of carboxylic acids is 1. The molecule has 0 heterocycles. The highest BCUT2D eigenvalue weighted by Crippen LogP contribution is 2.22. The summed E-state index contributed by atoms with van der Waals surface area (Å²) in [6.45, 7) is 0. The second kappa shape index (κ2) is 6.62. The number of halogens is 1. The zero-order chi connectivity index (χ0) is 11.1. The smallest absolute Gasteiger partial charge is 0.310 e. The minimum atomic E-state index is -0.726. The van der Waals surface area contributed by atoms with Crippen LogP contribution in [0.15, 0.2) is 30.3 Å². The molecule has 0 radical (unpaired) electrons. The Morgan fingerprint density at radius 2 is 1.93 bits per heavy atom. The van der Waals surface area contributed by atoms with Crippen molar-refractivity contribution in [1.82, 2.24) is 0 Å². The molecule has 1 aromatic rings. The Kier molecular flexibility index (Phi) is 5.40. The van der Waals surface area contributed by atoms with Crippen molar-refractivity contribution in [1.29, 1.82) is 0 Å². The van der Waals surface area contributed by atoms with Gasteiger partial charge in [-0.15, -0.1) is 0 Å². The number of hydrogen-bond acceptors (Lipinski definition) is 1. The summed E-state index contributed by atoms with van der Waals surface area (Å²) in [6, 6.07) is 9.44. The lowest BCUT2D eigenvalue weighted by Crippen LogP contribution is -2.11. The summed E-state index contributed by atoms with van der Waals surface area (Å²) < 4.78 is 0. The molecule has 0 bridgehead atoms. The van der Waals surface area contributed by atoms with Crippen molar-refractivity contribution >= 4 is 21.9 Å². The Hall–Kier alpha value is -0.830. The maximum absolute atomic E-state index is 11.1. The molecule has 3 heteroatoms. The van der Waals surface area contributed by atoms with E-state index in [4.69, 9.17) is 5.11 Å². The molecule has 1 aromatic carbocycles. The molecule has 0 aromatic heterocycles. The van der Waals surface area contributed by atoms with Gasteiger partial charge >= 0.3 is 5.97 Å². The Morgan fingerprint density at radius 1 is 1.27 bits per heavy atom. The highest BCUT2D eigenvalue weighted by Gasteiger charge is 2.18. The number of aliphatic carboxylic acids is 1. The summed E-state index contributed by atoms with van der Waals surface area (Å²) in [5.74, 6) is -1.08. The van der Waals surface area contributed by atoms with Crippen LogP contribution >= 0.6 is 15.9 Å². The molecule has 0 unspecified atom stereocenters. The molecule has 1 rings (SSSR count). The maximum Gasteiger partial charge on any atom is 0.310 e. The molecule has 0 amide bonds. The predicted molar refractivity (Wildman–Crippen MR) is 64.5 cm³/mol. The van der Waals surface area contributed by atoms with Crippen LogP contribution in [0.5, 0.6) is 0 Å². The van der Waals surface area contributed by atoms with Crippen LogP contribution in [0.1, 0.15) is 30.7 Å². The van der Waals surface area contributed by atoms with Gasteiger partial charge in [-0.25, -0.2) is 0 Å². The van der Waals surface area contributed by atoms with E-state index >= 15 is 0 Å². The lowest BCUT2D eigenvalue weighted by atomic mass is 9.94. The fourth-order valence-corrected chi connectivity index (χ4v) is 1.96. The minimum Gasteiger partial charge on any atom is -0.481 e. The number of carbonyl (C=O) groups is 1. The van der Waals surface area contributed by atoms with Crippen LogP contribution in [-0.4, -0.2) is 16.4 Å². The first-order chi connectivity index (χ1) is 7.25. The number of rotatable bonds is 6. The largest absolute Gasteiger partial charge is 0.481 e. The molecule has 0 fully saturated rings. The van der Waals surface area contributed by atoms with Gasteiger partial charge in [-0.2, -0.15) is 0 Å². The van der Waals surface area contributed by atoms with E-state index in [1.54, 1.807) is 0 Å². The molecular formula is C12H15BrO2. The van der Waals surface area contributed by atoms with Gasteiger partial charge in [0.05, 0.1) is 5.92 Å². The lowest BCUT2D eigenvalue weighted by Gasteiger charge is -2.11. The van der Waals surface area contributed by atoms with Gasteiger partial charge in [0, 0.05) is 5.33 Å². The summed E-state index contributed by atoms with van der Waals surface area (Å²) in [7, 11) is 0. The van der Waals surface area contributed by atoms with Gasteiger partial charge in [-0.1, -0.05) is 52.7 Å². The standard InChI is InChI=1S/C12H15BrO2/c13-9-5-4-8-11(12(14)15)10-6-2-1-3-7-10/h1-3,6-7,11H,4-5,8-9H2,(H,14,15)/t11-/m0/s1. The molecule has 1 atom stereocenters. The zero-order valence-corrected chi connectivity index (χ0v) is 10.1. The molecule has 0 aliphatic heterocycles. The van der Waals surface area contributed by atoms with Crippen LogP contribution in [0.3, 0.4) is 0 Å². The van der Waals surface area contributed by atoms with Crippen molar-refractivity contribution in [2.75, 3.05) is 5.33 Å². The summed E-state index contributed by atoms with van der Waals surface area (Å²) in [4.78, 5) is 11.1. The van der Waals surface area contributed by atoms with Gasteiger partial charge in [0.1, 0.15) is 0 Å². The van der Waals surface area contributed by atoms with Crippen LogP contribution in [0.4, 0.5) is 0 Å². The lowest BCUT2D eigenvalue weighted by molar-refractivity contribution is -0.139. The van der Waals surface area contributed by atoms with E-state index in [2.05, 4.69) is 15.9 Å². The van der Waals surface area contributed by atoms with Gasteiger partial charge in [0.25, 0.3) is 0 Å². The normalized spacial score (nSPS) is 12.3. The van der Waals surface area contributed by atoms with Crippen molar-refractivity contribution in [2.45, 2.75) is 25.2 Å². The first-order valence-corrected chi connectivity index (χ1v) is 6.21. The van der Waals surface area contributed by atoms with Crippen molar-refractivity contribution in [3.63, 3.8) is 0 Å². The van der Waals surface area contributed by atoms with E-state index in [0.29, 0.717) is 6.42 Å². The van der Waals surface area contributed by atoms with Gasteiger partial charge in [-0.05, 0) is 18.4 Å². The second-order valence-corrected chi connectivity index (χ2v) is 4.28. The number of hydrogen-bond donors (Lipinski definition) is 1. The summed E-state index contributed by atoms with van der Waals surface area (Å²) in [5, 5.41) is 10.1. The van der Waals surface area contributed by atoms with E-state index < -0.39 is 5.97 Å². The quantitative estimate of drug-likeness (QED) is 0.635. The van der Waals surface area contributed by atoms with Crippen molar-refractivity contribution in [2.24, 2.45) is 0 Å².